The number of hydrogen-bond donors (Lipinski definition) is 3. The molecule has 4 rings (SSSR count). The molecule has 1 saturated carbocycles. The van der Waals surface area contributed by atoms with E-state index in [2.05, 4.69) is 35.1 Å². The van der Waals surface area contributed by atoms with E-state index in [0.717, 1.165) is 24.0 Å². The summed E-state index contributed by atoms with van der Waals surface area (Å²) >= 11 is 0. The second-order valence-electron chi connectivity index (χ2n) is 8.57. The molecule has 3 atom stereocenters. The molecular formula is C25H28N2O6. The van der Waals surface area contributed by atoms with Crippen molar-refractivity contribution in [2.75, 3.05) is 13.2 Å². The minimum Gasteiger partial charge on any atom is -0.479 e. The molecule has 2 aliphatic rings. The van der Waals surface area contributed by atoms with Crippen molar-refractivity contribution in [2.24, 2.45) is 11.8 Å². The van der Waals surface area contributed by atoms with E-state index >= 15 is 0 Å². The molecule has 0 spiro atoms. The number of benzene rings is 2. The van der Waals surface area contributed by atoms with E-state index < -0.39 is 18.2 Å². The lowest BCUT2D eigenvalue weighted by Crippen LogP contribution is -2.40. The molecule has 8 heteroatoms. The summed E-state index contributed by atoms with van der Waals surface area (Å²) in [5, 5.41) is 11.6. The minimum absolute atomic E-state index is 0.0125. The maximum absolute atomic E-state index is 12.4. The Morgan fingerprint density at radius 1 is 1.03 bits per heavy atom. The van der Waals surface area contributed by atoms with Gasteiger partial charge in [-0.2, -0.15) is 0 Å². The molecule has 2 amide bonds. The van der Waals surface area contributed by atoms with Crippen LogP contribution in [0.25, 0.3) is 11.1 Å². The van der Waals surface area contributed by atoms with Gasteiger partial charge in [-0.05, 0) is 47.9 Å². The average Bonchev–Trinajstić information content (AvgIpc) is 3.42. The quantitative estimate of drug-likeness (QED) is 0.529. The fourth-order valence-corrected chi connectivity index (χ4v) is 4.76. The number of amides is 2. The van der Waals surface area contributed by atoms with Crippen LogP contribution in [0.3, 0.4) is 0 Å². The van der Waals surface area contributed by atoms with E-state index in [0.29, 0.717) is 13.0 Å². The van der Waals surface area contributed by atoms with Gasteiger partial charge in [0.1, 0.15) is 6.61 Å². The highest BCUT2D eigenvalue weighted by Gasteiger charge is 2.34. The summed E-state index contributed by atoms with van der Waals surface area (Å²) in [4.78, 5) is 40.5. The Hall–Kier alpha value is -3.39. The van der Waals surface area contributed by atoms with Gasteiger partial charge in [-0.15, -0.1) is 0 Å². The molecular weight excluding hydrogens is 424 g/mol. The monoisotopic (exact) mass is 452 g/mol. The molecule has 2 aromatic carbocycles. The molecule has 3 unspecified atom stereocenters. The van der Waals surface area contributed by atoms with E-state index in [1.807, 2.05) is 24.3 Å². The number of carbonyl (C=O) groups excluding carboxylic acids is 2. The van der Waals surface area contributed by atoms with E-state index in [9.17, 15) is 14.4 Å². The number of hydrogen-bond acceptors (Lipinski definition) is 5. The van der Waals surface area contributed by atoms with Crippen molar-refractivity contribution < 1.29 is 29.1 Å². The Morgan fingerprint density at radius 3 is 2.30 bits per heavy atom. The molecule has 0 bridgehead atoms. The van der Waals surface area contributed by atoms with Gasteiger partial charge in [-0.3, -0.25) is 9.63 Å². The van der Waals surface area contributed by atoms with Gasteiger partial charge in [-0.1, -0.05) is 55.0 Å². The van der Waals surface area contributed by atoms with Gasteiger partial charge in [-0.25, -0.2) is 15.1 Å². The van der Waals surface area contributed by atoms with Crippen molar-refractivity contribution in [1.82, 2.24) is 10.8 Å². The molecule has 0 aromatic heterocycles. The Labute approximate surface area is 192 Å². The number of carboxylic acids is 1. The number of aliphatic carboxylic acids is 1. The standard InChI is InChI=1S/C25H28N2O6/c1-15(24(29)30)33-27-23(28)17-12-6-7-16(17)13-26-25(31)32-14-22-20-10-4-2-8-18(20)19-9-3-5-11-21(19)22/h2-5,8-11,15-17,22H,6-7,12-14H2,1H3,(H,26,31)(H,27,28)(H,29,30). The maximum atomic E-state index is 12.4. The molecule has 0 saturated heterocycles. The zero-order valence-electron chi connectivity index (χ0n) is 18.5. The van der Waals surface area contributed by atoms with Crippen molar-refractivity contribution in [3.05, 3.63) is 59.7 Å². The molecule has 0 radical (unpaired) electrons. The Bertz CT molecular complexity index is 994. The first kappa shape index (κ1) is 22.8. The zero-order chi connectivity index (χ0) is 23.4. The molecule has 1 fully saturated rings. The van der Waals surface area contributed by atoms with Crippen LogP contribution in [0.15, 0.2) is 48.5 Å². The van der Waals surface area contributed by atoms with Gasteiger partial charge in [0.2, 0.25) is 5.91 Å². The second kappa shape index (κ2) is 10.0. The Kier molecular flexibility index (Phi) is 6.93. The fraction of sp³-hybridized carbons (Fsp3) is 0.400. The fourth-order valence-electron chi connectivity index (χ4n) is 4.76. The van der Waals surface area contributed by atoms with Crippen LogP contribution in [0, 0.1) is 11.8 Å². The first-order chi connectivity index (χ1) is 16.0. The van der Waals surface area contributed by atoms with E-state index in [-0.39, 0.29) is 30.3 Å². The number of nitrogens with one attached hydrogen (secondary N) is 2. The van der Waals surface area contributed by atoms with Crippen LogP contribution in [0.4, 0.5) is 4.79 Å². The largest absolute Gasteiger partial charge is 0.479 e. The van der Waals surface area contributed by atoms with Crippen LogP contribution in [0.5, 0.6) is 0 Å². The number of carboxylic acid groups (broad SMARTS) is 1. The number of alkyl carbamates (subject to hydrolysis) is 1. The predicted molar refractivity (Wildman–Crippen MR) is 120 cm³/mol. The molecule has 33 heavy (non-hydrogen) atoms. The van der Waals surface area contributed by atoms with E-state index in [1.165, 1.54) is 18.1 Å². The number of ether oxygens (including phenoxy) is 1. The lowest BCUT2D eigenvalue weighted by Gasteiger charge is -2.20. The summed E-state index contributed by atoms with van der Waals surface area (Å²) in [7, 11) is 0. The number of rotatable bonds is 8. The topological polar surface area (TPSA) is 114 Å². The highest BCUT2D eigenvalue weighted by Crippen LogP contribution is 2.44. The third-order valence-corrected chi connectivity index (χ3v) is 6.53. The van der Waals surface area contributed by atoms with E-state index in [4.69, 9.17) is 14.7 Å². The summed E-state index contributed by atoms with van der Waals surface area (Å²) in [6.07, 6.45) is 0.652. The molecule has 174 valence electrons. The van der Waals surface area contributed by atoms with Crippen molar-refractivity contribution >= 4 is 18.0 Å². The van der Waals surface area contributed by atoms with Crippen molar-refractivity contribution in [1.29, 1.82) is 0 Å². The van der Waals surface area contributed by atoms with Gasteiger partial charge in [0.15, 0.2) is 6.10 Å². The van der Waals surface area contributed by atoms with Crippen LogP contribution in [-0.2, 0) is 19.2 Å². The van der Waals surface area contributed by atoms with Crippen LogP contribution < -0.4 is 10.8 Å². The molecule has 0 heterocycles. The van der Waals surface area contributed by atoms with Gasteiger partial charge in [0.05, 0.1) is 0 Å². The normalized spacial score (nSPS) is 19.9. The van der Waals surface area contributed by atoms with Gasteiger partial charge < -0.3 is 15.2 Å². The summed E-state index contributed by atoms with van der Waals surface area (Å²) in [5.41, 5.74) is 6.87. The number of fused-ring (bicyclic) bond motifs is 3. The third-order valence-electron chi connectivity index (χ3n) is 6.53. The summed E-state index contributed by atoms with van der Waals surface area (Å²) in [6, 6.07) is 16.3. The molecule has 2 aliphatic carbocycles. The number of carbonyl (C=O) groups is 3. The van der Waals surface area contributed by atoms with Crippen molar-refractivity contribution in [2.45, 2.75) is 38.2 Å². The summed E-state index contributed by atoms with van der Waals surface area (Å²) < 4.78 is 5.56. The second-order valence-corrected chi connectivity index (χ2v) is 8.57. The molecule has 2 aromatic rings. The van der Waals surface area contributed by atoms with Crippen LogP contribution >= 0.6 is 0 Å². The van der Waals surface area contributed by atoms with Crippen LogP contribution in [0.2, 0.25) is 0 Å². The first-order valence-electron chi connectivity index (χ1n) is 11.2. The Morgan fingerprint density at radius 2 is 1.67 bits per heavy atom. The molecule has 3 N–H and O–H groups in total. The first-order valence-corrected chi connectivity index (χ1v) is 11.2. The summed E-state index contributed by atoms with van der Waals surface area (Å²) in [5.74, 6) is -1.94. The summed E-state index contributed by atoms with van der Waals surface area (Å²) in [6.45, 7) is 1.88. The van der Waals surface area contributed by atoms with Crippen LogP contribution in [0.1, 0.15) is 43.2 Å². The van der Waals surface area contributed by atoms with Crippen molar-refractivity contribution in [3.8, 4) is 11.1 Å². The highest BCUT2D eigenvalue weighted by molar-refractivity contribution is 5.80. The van der Waals surface area contributed by atoms with E-state index in [1.54, 1.807) is 0 Å². The van der Waals surface area contributed by atoms with Gasteiger partial charge >= 0.3 is 12.1 Å². The van der Waals surface area contributed by atoms with Gasteiger partial charge in [0, 0.05) is 18.4 Å². The molecule has 0 aliphatic heterocycles. The average molecular weight is 453 g/mol. The molecule has 8 nitrogen and oxygen atoms in total. The third kappa shape index (κ3) is 5.01. The van der Waals surface area contributed by atoms with Gasteiger partial charge in [0.25, 0.3) is 0 Å². The minimum atomic E-state index is -1.16. The highest BCUT2D eigenvalue weighted by atomic mass is 16.7. The smallest absolute Gasteiger partial charge is 0.407 e. The zero-order valence-corrected chi connectivity index (χ0v) is 18.5. The Balaban J connectivity index is 1.28. The number of hydroxylamine groups is 1. The predicted octanol–water partition coefficient (Wildman–Crippen LogP) is 3.46. The van der Waals surface area contributed by atoms with Crippen LogP contribution in [-0.4, -0.2) is 42.3 Å². The van der Waals surface area contributed by atoms with Crippen molar-refractivity contribution in [3.63, 3.8) is 0 Å². The SMILES string of the molecule is CC(ONC(=O)C1CCCC1CNC(=O)OCC1c2ccccc2-c2ccccc21)C(=O)O. The lowest BCUT2D eigenvalue weighted by molar-refractivity contribution is -0.160. The maximum Gasteiger partial charge on any atom is 0.407 e. The lowest BCUT2D eigenvalue weighted by atomic mass is 9.95.